The van der Waals surface area contributed by atoms with Crippen LogP contribution in [0.1, 0.15) is 18.9 Å². The molecule has 4 rings (SSSR count). The highest BCUT2D eigenvalue weighted by molar-refractivity contribution is 7.91. The van der Waals surface area contributed by atoms with Crippen molar-refractivity contribution in [1.82, 2.24) is 14.7 Å². The summed E-state index contributed by atoms with van der Waals surface area (Å²) in [5.41, 5.74) is 1.34. The van der Waals surface area contributed by atoms with Crippen molar-refractivity contribution in [2.45, 2.75) is 32.0 Å². The van der Waals surface area contributed by atoms with Crippen molar-refractivity contribution in [3.05, 3.63) is 48.0 Å². The van der Waals surface area contributed by atoms with Crippen molar-refractivity contribution in [3.63, 3.8) is 0 Å². The predicted molar refractivity (Wildman–Crippen MR) is 120 cm³/mol. The third-order valence-corrected chi connectivity index (χ3v) is 8.44. The number of amides is 1. The second-order valence-electron chi connectivity index (χ2n) is 8.63. The zero-order chi connectivity index (χ0) is 21.3. The first-order valence-corrected chi connectivity index (χ1v) is 12.6. The van der Waals surface area contributed by atoms with Gasteiger partial charge in [0.15, 0.2) is 9.84 Å². The molecular weight excluding hydrogens is 398 g/mol. The van der Waals surface area contributed by atoms with Crippen LogP contribution in [0, 0.1) is 0 Å². The molecule has 6 nitrogen and oxygen atoms in total. The second kappa shape index (κ2) is 8.65. The van der Waals surface area contributed by atoms with Gasteiger partial charge in [0.1, 0.15) is 0 Å². The Kier molecular flexibility index (Phi) is 6.14. The van der Waals surface area contributed by atoms with Crippen molar-refractivity contribution in [1.29, 1.82) is 0 Å². The van der Waals surface area contributed by atoms with Gasteiger partial charge < -0.3 is 4.90 Å². The minimum Gasteiger partial charge on any atom is -0.340 e. The number of fused-ring (bicyclic) bond motifs is 1. The highest BCUT2D eigenvalue weighted by atomic mass is 32.2. The van der Waals surface area contributed by atoms with Gasteiger partial charge in [0.05, 0.1) is 17.5 Å². The van der Waals surface area contributed by atoms with Crippen LogP contribution in [0.25, 0.3) is 10.8 Å². The molecule has 7 heteroatoms. The lowest BCUT2D eigenvalue weighted by Crippen LogP contribution is -2.55. The zero-order valence-electron chi connectivity index (χ0n) is 17.8. The van der Waals surface area contributed by atoms with Crippen LogP contribution in [-0.2, 0) is 21.2 Å². The molecule has 0 N–H and O–H groups in total. The number of hydrogen-bond acceptors (Lipinski definition) is 5. The molecule has 2 atom stereocenters. The smallest absolute Gasteiger partial charge is 0.239 e. The number of benzene rings is 2. The van der Waals surface area contributed by atoms with Gasteiger partial charge in [-0.15, -0.1) is 0 Å². The Hall–Kier alpha value is -1.96. The average molecular weight is 430 g/mol. The fourth-order valence-corrected chi connectivity index (χ4v) is 6.47. The van der Waals surface area contributed by atoms with E-state index in [1.807, 2.05) is 6.92 Å². The molecule has 0 unspecified atom stereocenters. The highest BCUT2D eigenvalue weighted by Crippen LogP contribution is 2.22. The lowest BCUT2D eigenvalue weighted by atomic mass is 10.0. The molecule has 30 heavy (non-hydrogen) atoms. The Morgan fingerprint density at radius 1 is 1.10 bits per heavy atom. The van der Waals surface area contributed by atoms with E-state index in [4.69, 9.17) is 0 Å². The minimum absolute atomic E-state index is 0.0274. The third kappa shape index (κ3) is 4.53. The summed E-state index contributed by atoms with van der Waals surface area (Å²) < 4.78 is 23.5. The Morgan fingerprint density at radius 3 is 2.50 bits per heavy atom. The molecule has 162 valence electrons. The molecular formula is C23H31N3O3S. The van der Waals surface area contributed by atoms with E-state index >= 15 is 0 Å². The number of likely N-dealkylation sites (N-methyl/N-ethyl adjacent to an activating group) is 1. The van der Waals surface area contributed by atoms with Gasteiger partial charge in [-0.2, -0.15) is 0 Å². The molecule has 0 aliphatic carbocycles. The molecule has 0 bridgehead atoms. The highest BCUT2D eigenvalue weighted by Gasteiger charge is 2.35. The van der Waals surface area contributed by atoms with Crippen LogP contribution in [0.3, 0.4) is 0 Å². The first-order chi connectivity index (χ1) is 14.3. The lowest BCUT2D eigenvalue weighted by Gasteiger charge is -2.39. The maximum absolute atomic E-state index is 12.9. The van der Waals surface area contributed by atoms with Crippen molar-refractivity contribution < 1.29 is 13.2 Å². The van der Waals surface area contributed by atoms with Crippen LogP contribution in [0.5, 0.6) is 0 Å². The SMILES string of the molecule is C[C@H](C(=O)N(C)[C@H]1CCS(=O)(=O)C1)N1CCN(Cc2cccc3ccccc23)CC1. The molecule has 0 spiro atoms. The fourth-order valence-electron chi connectivity index (χ4n) is 4.69. The van der Waals surface area contributed by atoms with Crippen LogP contribution in [0.2, 0.25) is 0 Å². The number of nitrogens with zero attached hydrogens (tertiary/aromatic N) is 3. The zero-order valence-corrected chi connectivity index (χ0v) is 18.6. The van der Waals surface area contributed by atoms with Crippen molar-refractivity contribution >= 4 is 26.5 Å². The lowest BCUT2D eigenvalue weighted by molar-refractivity contribution is -0.137. The van der Waals surface area contributed by atoms with Gasteiger partial charge in [-0.3, -0.25) is 14.6 Å². The van der Waals surface area contributed by atoms with Crippen molar-refractivity contribution in [2.75, 3.05) is 44.7 Å². The number of sulfone groups is 1. The quantitative estimate of drug-likeness (QED) is 0.728. The van der Waals surface area contributed by atoms with E-state index in [-0.39, 0.29) is 29.5 Å². The molecule has 0 aromatic heterocycles. The summed E-state index contributed by atoms with van der Waals surface area (Å²) in [6.45, 7) is 6.38. The monoisotopic (exact) mass is 429 g/mol. The summed E-state index contributed by atoms with van der Waals surface area (Å²) in [6.07, 6.45) is 0.552. The van der Waals surface area contributed by atoms with Gasteiger partial charge in [-0.25, -0.2) is 8.42 Å². The standard InChI is InChI=1S/C23H31N3O3S/c1-18(23(27)24(2)21-10-15-30(28,29)17-21)26-13-11-25(12-14-26)16-20-8-5-7-19-6-3-4-9-22(19)20/h3-9,18,21H,10-17H2,1-2H3/t18-,21+/m1/s1. The van der Waals surface area contributed by atoms with Crippen LogP contribution >= 0.6 is 0 Å². The van der Waals surface area contributed by atoms with Gasteiger partial charge in [0.25, 0.3) is 0 Å². The molecule has 0 radical (unpaired) electrons. The maximum Gasteiger partial charge on any atom is 0.239 e. The van der Waals surface area contributed by atoms with E-state index in [1.165, 1.54) is 16.3 Å². The van der Waals surface area contributed by atoms with Gasteiger partial charge in [-0.1, -0.05) is 42.5 Å². The summed E-state index contributed by atoms with van der Waals surface area (Å²) in [5.74, 6) is 0.316. The van der Waals surface area contributed by atoms with E-state index in [0.29, 0.717) is 6.42 Å². The second-order valence-corrected chi connectivity index (χ2v) is 10.9. The van der Waals surface area contributed by atoms with Crippen LogP contribution < -0.4 is 0 Å². The first-order valence-electron chi connectivity index (χ1n) is 10.7. The predicted octanol–water partition coefficient (Wildman–Crippen LogP) is 1.99. The number of rotatable bonds is 5. The van der Waals surface area contributed by atoms with Gasteiger partial charge >= 0.3 is 0 Å². The molecule has 2 aromatic rings. The number of hydrogen-bond donors (Lipinski definition) is 0. The first kappa shape index (κ1) is 21.3. The number of piperazine rings is 1. The Labute approximate surface area is 179 Å². The van der Waals surface area contributed by atoms with Gasteiger partial charge in [0, 0.05) is 45.8 Å². The molecule has 2 fully saturated rings. The normalized spacial score (nSPS) is 23.5. The van der Waals surface area contributed by atoms with Crippen LogP contribution in [0.4, 0.5) is 0 Å². The summed E-state index contributed by atoms with van der Waals surface area (Å²) in [5, 5.41) is 2.57. The summed E-state index contributed by atoms with van der Waals surface area (Å²) in [7, 11) is -1.24. The van der Waals surface area contributed by atoms with E-state index in [2.05, 4.69) is 52.3 Å². The third-order valence-electron chi connectivity index (χ3n) is 6.69. The molecule has 2 heterocycles. The topological polar surface area (TPSA) is 60.9 Å². The van der Waals surface area contributed by atoms with Crippen LogP contribution in [0.15, 0.2) is 42.5 Å². The molecule has 2 aliphatic rings. The van der Waals surface area contributed by atoms with E-state index in [1.54, 1.807) is 11.9 Å². The molecule has 2 aliphatic heterocycles. The Morgan fingerprint density at radius 2 is 1.80 bits per heavy atom. The largest absolute Gasteiger partial charge is 0.340 e. The van der Waals surface area contributed by atoms with Crippen LogP contribution in [-0.4, -0.2) is 85.8 Å². The molecule has 1 amide bonds. The summed E-state index contributed by atoms with van der Waals surface area (Å²) in [4.78, 5) is 19.3. The Bertz CT molecular complexity index is 1010. The molecule has 2 aromatic carbocycles. The van der Waals surface area contributed by atoms with E-state index in [9.17, 15) is 13.2 Å². The minimum atomic E-state index is -2.99. The number of carbonyl (C=O) groups excluding carboxylic acids is 1. The summed E-state index contributed by atoms with van der Waals surface area (Å²) >= 11 is 0. The maximum atomic E-state index is 12.9. The van der Waals surface area contributed by atoms with Gasteiger partial charge in [-0.05, 0) is 29.7 Å². The number of carbonyl (C=O) groups is 1. The molecule has 2 saturated heterocycles. The van der Waals surface area contributed by atoms with E-state index in [0.717, 1.165) is 32.7 Å². The van der Waals surface area contributed by atoms with E-state index < -0.39 is 9.84 Å². The van der Waals surface area contributed by atoms with Gasteiger partial charge in [0.2, 0.25) is 5.91 Å². The van der Waals surface area contributed by atoms with Crippen molar-refractivity contribution in [3.8, 4) is 0 Å². The average Bonchev–Trinajstić information content (AvgIpc) is 3.12. The molecule has 0 saturated carbocycles. The summed E-state index contributed by atoms with van der Waals surface area (Å²) in [6, 6.07) is 14.5. The fraction of sp³-hybridized carbons (Fsp3) is 0.522. The Balaban J connectivity index is 1.33. The van der Waals surface area contributed by atoms with Crippen molar-refractivity contribution in [2.24, 2.45) is 0 Å².